The van der Waals surface area contributed by atoms with Crippen LogP contribution in [0.3, 0.4) is 0 Å². The maximum Gasteiger partial charge on any atom is 0.126 e. The zero-order valence-electron chi connectivity index (χ0n) is 8.73. The zero-order chi connectivity index (χ0) is 10.5. The molecule has 0 saturated carbocycles. The monoisotopic (exact) mass is 218 g/mol. The quantitative estimate of drug-likeness (QED) is 0.847. The molecule has 78 valence electrons. The first-order chi connectivity index (χ1) is 7.40. The lowest BCUT2D eigenvalue weighted by Crippen LogP contribution is -2.01. The van der Waals surface area contributed by atoms with Crippen LogP contribution in [0.15, 0.2) is 35.7 Å². The number of anilines is 1. The van der Waals surface area contributed by atoms with Crippen molar-refractivity contribution >= 4 is 17.2 Å². The van der Waals surface area contributed by atoms with Crippen LogP contribution in [0.1, 0.15) is 13.3 Å². The highest BCUT2D eigenvalue weighted by Gasteiger charge is 2.00. The lowest BCUT2D eigenvalue weighted by molar-refractivity contribution is 0.970. The molecular formula is C12H14N2S. The van der Waals surface area contributed by atoms with E-state index in [0.29, 0.717) is 0 Å². The molecule has 1 N–H and O–H groups in total. The minimum Gasteiger partial charge on any atom is -0.370 e. The fraction of sp³-hybridized carbons (Fsp3) is 0.250. The van der Waals surface area contributed by atoms with E-state index in [0.717, 1.165) is 24.5 Å². The van der Waals surface area contributed by atoms with Crippen LogP contribution < -0.4 is 5.32 Å². The van der Waals surface area contributed by atoms with E-state index in [1.165, 1.54) is 4.88 Å². The Balaban J connectivity index is 2.19. The van der Waals surface area contributed by atoms with Crippen molar-refractivity contribution in [3.8, 4) is 10.6 Å². The summed E-state index contributed by atoms with van der Waals surface area (Å²) in [5, 5.41) is 5.36. The summed E-state index contributed by atoms with van der Waals surface area (Å²) in [6, 6.07) is 10.2. The molecule has 0 atom stereocenters. The van der Waals surface area contributed by atoms with Crippen molar-refractivity contribution in [1.82, 2.24) is 4.98 Å². The number of aromatic nitrogens is 1. The summed E-state index contributed by atoms with van der Waals surface area (Å²) in [6.45, 7) is 3.12. The molecule has 3 heteroatoms. The normalized spacial score (nSPS) is 10.2. The molecule has 2 nitrogen and oxygen atoms in total. The summed E-state index contributed by atoms with van der Waals surface area (Å²) >= 11 is 1.72. The lowest BCUT2D eigenvalue weighted by atomic mass is 10.3. The van der Waals surface area contributed by atoms with Crippen LogP contribution in [-0.4, -0.2) is 11.5 Å². The second-order valence-corrected chi connectivity index (χ2v) is 4.26. The van der Waals surface area contributed by atoms with Crippen LogP contribution in [-0.2, 0) is 0 Å². The number of pyridine rings is 1. The summed E-state index contributed by atoms with van der Waals surface area (Å²) in [5.74, 6) is 0.961. The molecule has 0 fully saturated rings. The predicted octanol–water partition coefficient (Wildman–Crippen LogP) is 3.63. The van der Waals surface area contributed by atoms with E-state index in [4.69, 9.17) is 0 Å². The van der Waals surface area contributed by atoms with Crippen LogP contribution in [0.5, 0.6) is 0 Å². The van der Waals surface area contributed by atoms with Gasteiger partial charge in [0.1, 0.15) is 5.82 Å². The molecule has 2 aromatic rings. The fourth-order valence-corrected chi connectivity index (χ4v) is 2.04. The minimum absolute atomic E-state index is 0.961. The van der Waals surface area contributed by atoms with Gasteiger partial charge in [-0.1, -0.05) is 19.1 Å². The van der Waals surface area contributed by atoms with E-state index >= 15 is 0 Å². The van der Waals surface area contributed by atoms with Crippen molar-refractivity contribution in [2.24, 2.45) is 0 Å². The van der Waals surface area contributed by atoms with Gasteiger partial charge in [0, 0.05) is 6.54 Å². The molecule has 0 spiro atoms. The molecule has 0 bridgehead atoms. The Labute approximate surface area is 94.0 Å². The number of nitrogens with zero attached hydrogens (tertiary/aromatic N) is 1. The van der Waals surface area contributed by atoms with Gasteiger partial charge in [-0.25, -0.2) is 4.98 Å². The van der Waals surface area contributed by atoms with Crippen LogP contribution >= 0.6 is 11.3 Å². The number of thiophene rings is 1. The van der Waals surface area contributed by atoms with E-state index in [1.54, 1.807) is 11.3 Å². The third-order valence-corrected chi connectivity index (χ3v) is 2.97. The van der Waals surface area contributed by atoms with E-state index in [9.17, 15) is 0 Å². The molecule has 0 radical (unpaired) electrons. The number of nitrogens with one attached hydrogen (secondary N) is 1. The molecule has 0 aliphatic carbocycles. The molecule has 0 unspecified atom stereocenters. The largest absolute Gasteiger partial charge is 0.370 e. The van der Waals surface area contributed by atoms with Gasteiger partial charge in [0.15, 0.2) is 0 Å². The van der Waals surface area contributed by atoms with Gasteiger partial charge in [-0.2, -0.15) is 0 Å². The van der Waals surface area contributed by atoms with Gasteiger partial charge in [0.2, 0.25) is 0 Å². The highest BCUT2D eigenvalue weighted by Crippen LogP contribution is 2.23. The van der Waals surface area contributed by atoms with Gasteiger partial charge in [-0.15, -0.1) is 11.3 Å². The van der Waals surface area contributed by atoms with E-state index < -0.39 is 0 Å². The molecule has 0 aliphatic rings. The summed E-state index contributed by atoms with van der Waals surface area (Å²) in [7, 11) is 0. The Morgan fingerprint density at radius 1 is 1.27 bits per heavy atom. The zero-order valence-corrected chi connectivity index (χ0v) is 9.55. The molecule has 0 aromatic carbocycles. The third kappa shape index (κ3) is 2.57. The number of hydrogen-bond acceptors (Lipinski definition) is 3. The SMILES string of the molecule is CCCNc1cccc(-c2cccs2)n1. The highest BCUT2D eigenvalue weighted by atomic mass is 32.1. The third-order valence-electron chi connectivity index (χ3n) is 2.08. The van der Waals surface area contributed by atoms with Gasteiger partial charge >= 0.3 is 0 Å². The van der Waals surface area contributed by atoms with Crippen molar-refractivity contribution in [3.05, 3.63) is 35.7 Å². The smallest absolute Gasteiger partial charge is 0.126 e. The molecule has 2 heterocycles. The van der Waals surface area contributed by atoms with E-state index in [1.807, 2.05) is 24.3 Å². The molecule has 2 aromatic heterocycles. The highest BCUT2D eigenvalue weighted by molar-refractivity contribution is 7.13. The minimum atomic E-state index is 0.961. The van der Waals surface area contributed by atoms with Crippen molar-refractivity contribution in [2.75, 3.05) is 11.9 Å². The molecule has 15 heavy (non-hydrogen) atoms. The topological polar surface area (TPSA) is 24.9 Å². The van der Waals surface area contributed by atoms with Gasteiger partial charge in [0.05, 0.1) is 10.6 Å². The molecule has 0 saturated heterocycles. The molecular weight excluding hydrogens is 204 g/mol. The average molecular weight is 218 g/mol. The first-order valence-electron chi connectivity index (χ1n) is 5.15. The first kappa shape index (κ1) is 10.2. The van der Waals surface area contributed by atoms with Gasteiger partial charge in [-0.05, 0) is 30.0 Å². The van der Waals surface area contributed by atoms with Gasteiger partial charge < -0.3 is 5.32 Å². The number of rotatable bonds is 4. The summed E-state index contributed by atoms with van der Waals surface area (Å²) in [4.78, 5) is 5.77. The Kier molecular flexibility index (Phi) is 3.35. The van der Waals surface area contributed by atoms with Crippen molar-refractivity contribution in [2.45, 2.75) is 13.3 Å². The Morgan fingerprint density at radius 2 is 2.20 bits per heavy atom. The summed E-state index contributed by atoms with van der Waals surface area (Å²) in [5.41, 5.74) is 1.05. The van der Waals surface area contributed by atoms with Crippen LogP contribution in [0.25, 0.3) is 10.6 Å². The maximum atomic E-state index is 4.55. The lowest BCUT2D eigenvalue weighted by Gasteiger charge is -2.04. The van der Waals surface area contributed by atoms with Gasteiger partial charge in [-0.3, -0.25) is 0 Å². The summed E-state index contributed by atoms with van der Waals surface area (Å²) < 4.78 is 0. The first-order valence-corrected chi connectivity index (χ1v) is 6.03. The van der Waals surface area contributed by atoms with Crippen molar-refractivity contribution in [1.29, 1.82) is 0 Å². The van der Waals surface area contributed by atoms with E-state index in [-0.39, 0.29) is 0 Å². The van der Waals surface area contributed by atoms with Crippen LogP contribution in [0.2, 0.25) is 0 Å². The van der Waals surface area contributed by atoms with Crippen LogP contribution in [0.4, 0.5) is 5.82 Å². The Hall–Kier alpha value is -1.35. The second kappa shape index (κ2) is 4.94. The van der Waals surface area contributed by atoms with Gasteiger partial charge in [0.25, 0.3) is 0 Å². The second-order valence-electron chi connectivity index (χ2n) is 3.31. The summed E-state index contributed by atoms with van der Waals surface area (Å²) in [6.07, 6.45) is 1.12. The van der Waals surface area contributed by atoms with Crippen molar-refractivity contribution < 1.29 is 0 Å². The van der Waals surface area contributed by atoms with E-state index in [2.05, 4.69) is 28.7 Å². The number of hydrogen-bond donors (Lipinski definition) is 1. The standard InChI is InChI=1S/C12H14N2S/c1-2-8-13-12-7-3-5-10(14-12)11-6-4-9-15-11/h3-7,9H,2,8H2,1H3,(H,13,14). The Bertz CT molecular complexity index is 409. The fourth-order valence-electron chi connectivity index (χ4n) is 1.35. The molecule has 0 aliphatic heterocycles. The van der Waals surface area contributed by atoms with Crippen LogP contribution in [0, 0.1) is 0 Å². The maximum absolute atomic E-state index is 4.55. The predicted molar refractivity (Wildman–Crippen MR) is 66.3 cm³/mol. The Morgan fingerprint density at radius 3 is 2.93 bits per heavy atom. The average Bonchev–Trinajstić information content (AvgIpc) is 2.80. The van der Waals surface area contributed by atoms with Crippen molar-refractivity contribution in [3.63, 3.8) is 0 Å². The molecule has 2 rings (SSSR count). The molecule has 0 amide bonds.